The van der Waals surface area contributed by atoms with Gasteiger partial charge in [-0.15, -0.1) is 0 Å². The van der Waals surface area contributed by atoms with Crippen LogP contribution in [0.5, 0.6) is 11.5 Å². The number of unbranched alkanes of at least 4 members (excludes halogenated alkanes) is 2. The van der Waals surface area contributed by atoms with Crippen molar-refractivity contribution in [2.75, 3.05) is 40.5 Å². The van der Waals surface area contributed by atoms with Crippen molar-refractivity contribution in [3.8, 4) is 11.5 Å². The van der Waals surface area contributed by atoms with E-state index in [2.05, 4.69) is 46.4 Å². The topological polar surface area (TPSA) is 54.4 Å². The first-order valence-corrected chi connectivity index (χ1v) is 11.8. The van der Waals surface area contributed by atoms with Gasteiger partial charge in [-0.2, -0.15) is 0 Å². The van der Waals surface area contributed by atoms with E-state index in [1.165, 1.54) is 5.57 Å². The normalized spacial score (nSPS) is 12.4. The Morgan fingerprint density at radius 1 is 0.941 bits per heavy atom. The number of amides is 1. The summed E-state index contributed by atoms with van der Waals surface area (Å²) in [5.41, 5.74) is 3.43. The standard InChI is InChI=1S/C28H35N3O3/c1-33-26-13-9-24(10-14-26)28(25-11-15-27(34-2)16-12-25)8-3-4-19-31(23-32)20-6-5-18-30-21-7-17-29-22-30/h7-17,21,23H,3-6,18-20,22H2,1-2H3. The predicted molar refractivity (Wildman–Crippen MR) is 138 cm³/mol. The Morgan fingerprint density at radius 3 is 2.09 bits per heavy atom. The maximum atomic E-state index is 11.5. The smallest absolute Gasteiger partial charge is 0.209 e. The maximum absolute atomic E-state index is 11.5. The number of carbonyl (C=O) groups is 1. The van der Waals surface area contributed by atoms with Crippen LogP contribution in [0.2, 0.25) is 0 Å². The molecule has 3 rings (SSSR count). The monoisotopic (exact) mass is 461 g/mol. The summed E-state index contributed by atoms with van der Waals surface area (Å²) >= 11 is 0. The van der Waals surface area contributed by atoms with Crippen LogP contribution < -0.4 is 9.47 Å². The van der Waals surface area contributed by atoms with E-state index >= 15 is 0 Å². The van der Waals surface area contributed by atoms with Crippen molar-refractivity contribution >= 4 is 18.2 Å². The number of ether oxygens (including phenoxy) is 2. The van der Waals surface area contributed by atoms with Gasteiger partial charge in [-0.05, 0) is 72.7 Å². The van der Waals surface area contributed by atoms with E-state index in [0.29, 0.717) is 0 Å². The molecule has 0 unspecified atom stereocenters. The fourth-order valence-corrected chi connectivity index (χ4v) is 3.90. The van der Waals surface area contributed by atoms with Crippen LogP contribution in [0.4, 0.5) is 0 Å². The summed E-state index contributed by atoms with van der Waals surface area (Å²) in [6, 6.07) is 16.2. The molecule has 2 aromatic carbocycles. The Balaban J connectivity index is 1.54. The van der Waals surface area contributed by atoms with Crippen molar-refractivity contribution in [1.29, 1.82) is 0 Å². The number of hydrogen-bond donors (Lipinski definition) is 0. The first-order valence-electron chi connectivity index (χ1n) is 11.8. The number of methoxy groups -OCH3 is 2. The minimum atomic E-state index is 0.727. The summed E-state index contributed by atoms with van der Waals surface area (Å²) in [6.07, 6.45) is 12.9. The Labute approximate surface area is 203 Å². The zero-order valence-corrected chi connectivity index (χ0v) is 20.2. The molecule has 1 amide bonds. The highest BCUT2D eigenvalue weighted by Gasteiger charge is 2.07. The zero-order chi connectivity index (χ0) is 24.0. The molecule has 0 radical (unpaired) electrons. The summed E-state index contributed by atoms with van der Waals surface area (Å²) in [5.74, 6) is 1.67. The third-order valence-electron chi connectivity index (χ3n) is 5.84. The number of benzene rings is 2. The molecule has 0 N–H and O–H groups in total. The number of rotatable bonds is 14. The molecular weight excluding hydrogens is 426 g/mol. The molecule has 0 spiro atoms. The van der Waals surface area contributed by atoms with Crippen molar-refractivity contribution in [3.63, 3.8) is 0 Å². The first-order chi connectivity index (χ1) is 16.7. The van der Waals surface area contributed by atoms with Crippen LogP contribution in [0.15, 0.2) is 71.9 Å². The second-order valence-corrected chi connectivity index (χ2v) is 8.19. The first kappa shape index (κ1) is 25.1. The predicted octanol–water partition coefficient (Wildman–Crippen LogP) is 5.01. The number of allylic oxidation sites excluding steroid dienone is 2. The van der Waals surface area contributed by atoms with Crippen molar-refractivity contribution in [2.45, 2.75) is 25.7 Å². The van der Waals surface area contributed by atoms with E-state index < -0.39 is 0 Å². The highest BCUT2D eigenvalue weighted by Crippen LogP contribution is 2.27. The molecule has 1 aliphatic rings. The third kappa shape index (κ3) is 7.80. The van der Waals surface area contributed by atoms with E-state index in [4.69, 9.17) is 9.47 Å². The van der Waals surface area contributed by atoms with Gasteiger partial charge in [0.25, 0.3) is 0 Å². The summed E-state index contributed by atoms with van der Waals surface area (Å²) in [6.45, 7) is 3.24. The lowest BCUT2D eigenvalue weighted by molar-refractivity contribution is -0.118. The summed E-state index contributed by atoms with van der Waals surface area (Å²) < 4.78 is 10.6. The summed E-state index contributed by atoms with van der Waals surface area (Å²) in [4.78, 5) is 19.9. The molecule has 180 valence electrons. The zero-order valence-electron chi connectivity index (χ0n) is 20.2. The summed E-state index contributed by atoms with van der Waals surface area (Å²) in [7, 11) is 3.35. The maximum Gasteiger partial charge on any atom is 0.209 e. The average molecular weight is 462 g/mol. The summed E-state index contributed by atoms with van der Waals surface area (Å²) in [5, 5.41) is 0. The molecule has 6 nitrogen and oxygen atoms in total. The van der Waals surface area contributed by atoms with Crippen molar-refractivity contribution in [1.82, 2.24) is 9.80 Å². The number of carbonyl (C=O) groups excluding carboxylic acids is 1. The van der Waals surface area contributed by atoms with Crippen LogP contribution in [-0.2, 0) is 4.79 Å². The molecule has 0 aromatic heterocycles. The highest BCUT2D eigenvalue weighted by molar-refractivity contribution is 5.80. The number of nitrogens with zero attached hydrogens (tertiary/aromatic N) is 3. The third-order valence-corrected chi connectivity index (χ3v) is 5.84. The van der Waals surface area contributed by atoms with E-state index in [-0.39, 0.29) is 0 Å². The molecule has 0 bridgehead atoms. The highest BCUT2D eigenvalue weighted by atomic mass is 16.5. The van der Waals surface area contributed by atoms with Gasteiger partial charge in [0.1, 0.15) is 18.2 Å². The lowest BCUT2D eigenvalue weighted by atomic mass is 9.96. The fraction of sp³-hybridized carbons (Fsp3) is 0.357. The van der Waals surface area contributed by atoms with E-state index in [0.717, 1.165) is 81.0 Å². The molecular formula is C28H35N3O3. The SMILES string of the molecule is COc1ccc(C(=CCCCN(C=O)CCCCN2C=CC=NC2)c2ccc(OC)cc2)cc1. The van der Waals surface area contributed by atoms with Crippen LogP contribution >= 0.6 is 0 Å². The molecule has 0 saturated carbocycles. The second-order valence-electron chi connectivity index (χ2n) is 8.19. The van der Waals surface area contributed by atoms with Gasteiger partial charge < -0.3 is 19.3 Å². The second kappa shape index (κ2) is 13.9. The van der Waals surface area contributed by atoms with E-state index in [1.807, 2.05) is 41.5 Å². The number of aliphatic imine (C=N–C) groups is 1. The average Bonchev–Trinajstić information content (AvgIpc) is 2.90. The quantitative estimate of drug-likeness (QED) is 0.293. The lowest BCUT2D eigenvalue weighted by Gasteiger charge is -2.21. The van der Waals surface area contributed by atoms with Gasteiger partial charge in [-0.3, -0.25) is 9.79 Å². The van der Waals surface area contributed by atoms with E-state index in [1.54, 1.807) is 14.2 Å². The molecule has 0 fully saturated rings. The Morgan fingerprint density at radius 2 is 1.56 bits per heavy atom. The van der Waals surface area contributed by atoms with Gasteiger partial charge in [-0.1, -0.05) is 30.3 Å². The van der Waals surface area contributed by atoms with Gasteiger partial charge in [0, 0.05) is 32.0 Å². The van der Waals surface area contributed by atoms with Crippen molar-refractivity contribution in [2.24, 2.45) is 4.99 Å². The molecule has 1 aliphatic heterocycles. The largest absolute Gasteiger partial charge is 0.497 e. The van der Waals surface area contributed by atoms with Gasteiger partial charge >= 0.3 is 0 Å². The molecule has 2 aromatic rings. The molecule has 1 heterocycles. The van der Waals surface area contributed by atoms with Crippen LogP contribution in [-0.4, -0.2) is 62.9 Å². The minimum absolute atomic E-state index is 0.727. The molecule has 0 saturated heterocycles. The fourth-order valence-electron chi connectivity index (χ4n) is 3.90. The molecule has 6 heteroatoms. The Kier molecular flexibility index (Phi) is 10.2. The molecule has 34 heavy (non-hydrogen) atoms. The number of hydrogen-bond acceptors (Lipinski definition) is 5. The Hall–Kier alpha value is -3.54. The van der Waals surface area contributed by atoms with Crippen molar-refractivity contribution < 1.29 is 14.3 Å². The van der Waals surface area contributed by atoms with Crippen LogP contribution in [0.25, 0.3) is 5.57 Å². The van der Waals surface area contributed by atoms with E-state index in [9.17, 15) is 4.79 Å². The minimum Gasteiger partial charge on any atom is -0.497 e. The van der Waals surface area contributed by atoms with Crippen LogP contribution in [0, 0.1) is 0 Å². The van der Waals surface area contributed by atoms with Gasteiger partial charge in [0.15, 0.2) is 0 Å². The van der Waals surface area contributed by atoms with Gasteiger partial charge in [-0.25, -0.2) is 0 Å². The lowest BCUT2D eigenvalue weighted by Crippen LogP contribution is -2.26. The Bertz CT molecular complexity index is 916. The van der Waals surface area contributed by atoms with Gasteiger partial charge in [0.2, 0.25) is 6.41 Å². The van der Waals surface area contributed by atoms with Crippen LogP contribution in [0.1, 0.15) is 36.8 Å². The molecule has 0 atom stereocenters. The van der Waals surface area contributed by atoms with Crippen LogP contribution in [0.3, 0.4) is 0 Å². The molecule has 0 aliphatic carbocycles. The van der Waals surface area contributed by atoms with Gasteiger partial charge in [0.05, 0.1) is 14.2 Å². The van der Waals surface area contributed by atoms with Crippen molar-refractivity contribution in [3.05, 3.63) is 78.0 Å².